The standard InChI is InChI=1S/C49H51N2O/c1-4-7-32-50-43(41-18-10-14-35-16-12-20-45(50)48(35)41)30-26-37-22-23-38(47(37)39-24-28-40(29-25-39)52-34-9-6-3)27-31-44-42-19-11-15-36-17-13-21-46(49(36)42)51(44)33-8-5-2/h10-21,24-31H,4-9,22-23,32-34H2,1-3H3/q+1. The lowest BCUT2D eigenvalue weighted by molar-refractivity contribution is -0.436. The van der Waals surface area contributed by atoms with Crippen molar-refractivity contribution in [3.05, 3.63) is 143 Å². The summed E-state index contributed by atoms with van der Waals surface area (Å²) in [5, 5.41) is 8.06. The molecular formula is C49H51N2O+. The Kier molecular flexibility index (Phi) is 9.94. The van der Waals surface area contributed by atoms with E-state index in [0.29, 0.717) is 0 Å². The molecule has 0 unspecified atom stereocenters. The number of hydrogen-bond donors (Lipinski definition) is 0. The first-order chi connectivity index (χ1) is 25.7. The van der Waals surface area contributed by atoms with Crippen molar-refractivity contribution < 1.29 is 9.31 Å². The Morgan fingerprint density at radius 1 is 0.692 bits per heavy atom. The summed E-state index contributed by atoms with van der Waals surface area (Å²) in [7, 11) is 0. The maximum absolute atomic E-state index is 6.08. The highest BCUT2D eigenvalue weighted by atomic mass is 16.5. The molecule has 0 saturated carbocycles. The second kappa shape index (κ2) is 15.2. The zero-order valence-corrected chi connectivity index (χ0v) is 31.1. The van der Waals surface area contributed by atoms with Crippen LogP contribution in [-0.4, -0.2) is 28.0 Å². The zero-order chi connectivity index (χ0) is 35.4. The van der Waals surface area contributed by atoms with Gasteiger partial charge in [0.05, 0.1) is 17.6 Å². The van der Waals surface area contributed by atoms with Crippen molar-refractivity contribution in [2.75, 3.05) is 13.2 Å². The average Bonchev–Trinajstić information content (AvgIpc) is 3.83. The third-order valence-corrected chi connectivity index (χ3v) is 11.1. The van der Waals surface area contributed by atoms with Crippen molar-refractivity contribution in [1.82, 2.24) is 4.57 Å². The first-order valence-corrected chi connectivity index (χ1v) is 19.7. The summed E-state index contributed by atoms with van der Waals surface area (Å²) in [4.78, 5) is 0. The molecule has 0 saturated heterocycles. The summed E-state index contributed by atoms with van der Waals surface area (Å²) in [6.07, 6.45) is 18.6. The highest BCUT2D eigenvalue weighted by molar-refractivity contribution is 6.19. The Morgan fingerprint density at radius 3 is 2.21 bits per heavy atom. The lowest BCUT2D eigenvalue weighted by Crippen LogP contribution is -2.16. The molecule has 1 aliphatic heterocycles. The molecule has 5 aromatic carbocycles. The predicted molar refractivity (Wildman–Crippen MR) is 222 cm³/mol. The highest BCUT2D eigenvalue weighted by Crippen LogP contribution is 2.41. The largest absolute Gasteiger partial charge is 0.494 e. The fourth-order valence-electron chi connectivity index (χ4n) is 8.38. The molecule has 1 aromatic heterocycles. The maximum atomic E-state index is 6.08. The van der Waals surface area contributed by atoms with E-state index in [2.05, 4.69) is 151 Å². The maximum Gasteiger partial charge on any atom is 0.214 e. The van der Waals surface area contributed by atoms with Crippen LogP contribution in [0.2, 0.25) is 0 Å². The van der Waals surface area contributed by atoms with Gasteiger partial charge in [-0.25, -0.2) is 0 Å². The van der Waals surface area contributed by atoms with Crippen molar-refractivity contribution in [3.8, 4) is 5.75 Å². The van der Waals surface area contributed by atoms with Crippen LogP contribution in [-0.2, 0) is 6.54 Å². The van der Waals surface area contributed by atoms with Gasteiger partial charge in [-0.05, 0) is 89.1 Å². The minimum absolute atomic E-state index is 0.761. The van der Waals surface area contributed by atoms with E-state index < -0.39 is 0 Å². The second-order valence-corrected chi connectivity index (χ2v) is 14.5. The molecule has 262 valence electrons. The first-order valence-electron chi connectivity index (χ1n) is 19.7. The van der Waals surface area contributed by atoms with Gasteiger partial charge < -0.3 is 9.30 Å². The molecule has 0 N–H and O–H groups in total. The molecular weight excluding hydrogens is 633 g/mol. The monoisotopic (exact) mass is 683 g/mol. The predicted octanol–water partition coefficient (Wildman–Crippen LogP) is 12.1. The number of aryl methyl sites for hydroxylation is 1. The third-order valence-electron chi connectivity index (χ3n) is 11.1. The van der Waals surface area contributed by atoms with Crippen molar-refractivity contribution in [3.63, 3.8) is 0 Å². The molecule has 0 radical (unpaired) electrons. The van der Waals surface area contributed by atoms with Gasteiger partial charge in [-0.3, -0.25) is 0 Å². The molecule has 2 aliphatic rings. The summed E-state index contributed by atoms with van der Waals surface area (Å²) in [6.45, 7) is 9.58. The van der Waals surface area contributed by atoms with Crippen LogP contribution in [0, 0.1) is 0 Å². The van der Waals surface area contributed by atoms with E-state index in [1.54, 1.807) is 0 Å². The van der Waals surface area contributed by atoms with Crippen LogP contribution >= 0.6 is 0 Å². The van der Waals surface area contributed by atoms with E-state index >= 15 is 0 Å². The number of allylic oxidation sites excluding steroid dienone is 6. The van der Waals surface area contributed by atoms with Gasteiger partial charge in [0, 0.05) is 46.7 Å². The Bertz CT molecular complexity index is 2420. The number of ether oxygens (including phenoxy) is 1. The van der Waals surface area contributed by atoms with E-state index in [9.17, 15) is 0 Å². The van der Waals surface area contributed by atoms with Crippen LogP contribution in [0.3, 0.4) is 0 Å². The lowest BCUT2D eigenvalue weighted by Gasteiger charge is -2.10. The number of hydrogen-bond acceptors (Lipinski definition) is 1. The van der Waals surface area contributed by atoms with Crippen LogP contribution in [0.25, 0.3) is 44.1 Å². The van der Waals surface area contributed by atoms with Crippen molar-refractivity contribution >= 4 is 55.5 Å². The van der Waals surface area contributed by atoms with Crippen molar-refractivity contribution in [2.45, 2.75) is 78.7 Å². The van der Waals surface area contributed by atoms with Gasteiger partial charge in [0.1, 0.15) is 12.3 Å². The fourth-order valence-corrected chi connectivity index (χ4v) is 8.38. The number of benzene rings is 5. The average molecular weight is 684 g/mol. The molecule has 0 amide bonds. The normalized spacial score (nSPS) is 15.7. The molecule has 0 spiro atoms. The SMILES string of the molecule is CCCCOc1ccc(C2=C(/C=C/C3=[N+](CCCC)c4cccc5cccc3c45)CC/C2=C\C=c2/c3cccc4cccc(c43)n2CCCC)cc1. The molecule has 0 bridgehead atoms. The molecule has 3 nitrogen and oxygen atoms in total. The minimum Gasteiger partial charge on any atom is -0.494 e. The van der Waals surface area contributed by atoms with Gasteiger partial charge in [-0.2, -0.15) is 4.58 Å². The topological polar surface area (TPSA) is 17.2 Å². The zero-order valence-electron chi connectivity index (χ0n) is 31.1. The van der Waals surface area contributed by atoms with Crippen LogP contribution in [0.5, 0.6) is 5.75 Å². The lowest BCUT2D eigenvalue weighted by atomic mass is 9.97. The van der Waals surface area contributed by atoms with Crippen LogP contribution in [0.1, 0.15) is 83.3 Å². The number of nitrogens with zero attached hydrogens (tertiary/aromatic N) is 2. The minimum atomic E-state index is 0.761. The third kappa shape index (κ3) is 6.32. The number of unbranched alkanes of at least 4 members (excludes halogenated alkanes) is 3. The molecule has 3 heteroatoms. The Balaban J connectivity index is 1.25. The van der Waals surface area contributed by atoms with E-state index in [4.69, 9.17) is 4.74 Å². The van der Waals surface area contributed by atoms with Crippen LogP contribution < -0.4 is 10.1 Å². The van der Waals surface area contributed by atoms with Crippen molar-refractivity contribution in [2.24, 2.45) is 0 Å². The smallest absolute Gasteiger partial charge is 0.214 e. The molecule has 2 heterocycles. The molecule has 1 aliphatic carbocycles. The van der Waals surface area contributed by atoms with Crippen LogP contribution in [0.15, 0.2) is 126 Å². The molecule has 52 heavy (non-hydrogen) atoms. The van der Waals surface area contributed by atoms with E-state index in [1.165, 1.54) is 89.9 Å². The van der Waals surface area contributed by atoms with Gasteiger partial charge in [-0.15, -0.1) is 0 Å². The number of rotatable bonds is 14. The number of aromatic nitrogens is 1. The van der Waals surface area contributed by atoms with E-state index in [-0.39, 0.29) is 0 Å². The van der Waals surface area contributed by atoms with Gasteiger partial charge in [0.2, 0.25) is 11.4 Å². The molecule has 8 rings (SSSR count). The van der Waals surface area contributed by atoms with E-state index in [0.717, 1.165) is 64.0 Å². The summed E-state index contributed by atoms with van der Waals surface area (Å²) in [5.41, 5.74) is 10.8. The van der Waals surface area contributed by atoms with E-state index in [1.807, 2.05) is 0 Å². The highest BCUT2D eigenvalue weighted by Gasteiger charge is 2.30. The summed E-state index contributed by atoms with van der Waals surface area (Å²) < 4.78 is 11.2. The second-order valence-electron chi connectivity index (χ2n) is 14.5. The quantitative estimate of drug-likeness (QED) is 0.0825. The fraction of sp³-hybridized carbons (Fsp3) is 0.286. The Hall–Kier alpha value is -5.15. The summed E-state index contributed by atoms with van der Waals surface area (Å²) in [5.74, 6) is 0.947. The first kappa shape index (κ1) is 34.0. The van der Waals surface area contributed by atoms with Gasteiger partial charge in [-0.1, -0.05) is 119 Å². The van der Waals surface area contributed by atoms with Crippen LogP contribution in [0.4, 0.5) is 5.69 Å². The van der Waals surface area contributed by atoms with Gasteiger partial charge in [0.25, 0.3) is 0 Å². The Morgan fingerprint density at radius 2 is 1.42 bits per heavy atom. The molecule has 6 aromatic rings. The van der Waals surface area contributed by atoms with Gasteiger partial charge >= 0.3 is 0 Å². The summed E-state index contributed by atoms with van der Waals surface area (Å²) >= 11 is 0. The molecule has 0 atom stereocenters. The van der Waals surface area contributed by atoms with Gasteiger partial charge in [0.15, 0.2) is 0 Å². The van der Waals surface area contributed by atoms with Crippen molar-refractivity contribution in [1.29, 1.82) is 0 Å². The summed E-state index contributed by atoms with van der Waals surface area (Å²) in [6, 6.07) is 35.9. The molecule has 0 fully saturated rings. The Labute approximate surface area is 308 Å².